The zero-order chi connectivity index (χ0) is 22.8. The number of hydrogen-bond donors (Lipinski definition) is 3. The van der Waals surface area contributed by atoms with Gasteiger partial charge in [0, 0.05) is 6.42 Å². The molecule has 1 saturated carbocycles. The minimum absolute atomic E-state index is 0.0756. The molecule has 0 unspecified atom stereocenters. The number of rotatable bonds is 9. The van der Waals surface area contributed by atoms with Gasteiger partial charge in [0.2, 0.25) is 5.91 Å². The van der Waals surface area contributed by atoms with E-state index in [-0.39, 0.29) is 18.9 Å². The normalized spacial score (nSPS) is 15.9. The highest BCUT2D eigenvalue weighted by molar-refractivity contribution is 5.89. The number of carbonyl (C=O) groups is 3. The van der Waals surface area contributed by atoms with E-state index in [4.69, 9.17) is 4.74 Å². The van der Waals surface area contributed by atoms with Gasteiger partial charge in [-0.15, -0.1) is 0 Å². The van der Waals surface area contributed by atoms with Gasteiger partial charge in [-0.25, -0.2) is 9.59 Å². The number of carbonyl (C=O) groups excluding carboxylic acids is 2. The average molecular weight is 439 g/mol. The predicted octanol–water partition coefficient (Wildman–Crippen LogP) is 3.67. The number of benzene rings is 2. The fraction of sp³-hybridized carbons (Fsp3) is 0.400. The average Bonchev–Trinajstić information content (AvgIpc) is 2.82. The van der Waals surface area contributed by atoms with Crippen LogP contribution in [0, 0.1) is 5.92 Å². The van der Waals surface area contributed by atoms with Crippen molar-refractivity contribution in [3.8, 4) is 0 Å². The maximum absolute atomic E-state index is 13.1. The predicted molar refractivity (Wildman–Crippen MR) is 120 cm³/mol. The molecule has 0 bridgehead atoms. The number of aliphatic carboxylic acids is 1. The van der Waals surface area contributed by atoms with Gasteiger partial charge in [-0.3, -0.25) is 4.79 Å². The molecule has 0 aliphatic heterocycles. The SMILES string of the molecule is O=C(N[C@@H](Cc1ccccc1)C(=O)N[C@H](C(=O)O)C1CCCCC1)OCc1ccccc1. The summed E-state index contributed by atoms with van der Waals surface area (Å²) in [6.07, 6.45) is 4.05. The van der Waals surface area contributed by atoms with Crippen molar-refractivity contribution in [3.05, 3.63) is 71.8 Å². The first-order valence-corrected chi connectivity index (χ1v) is 11.1. The van der Waals surface area contributed by atoms with E-state index in [2.05, 4.69) is 10.6 Å². The Labute approximate surface area is 188 Å². The van der Waals surface area contributed by atoms with E-state index < -0.39 is 30.1 Å². The van der Waals surface area contributed by atoms with Crippen LogP contribution in [0.4, 0.5) is 4.79 Å². The van der Waals surface area contributed by atoms with Gasteiger partial charge in [-0.05, 0) is 29.9 Å². The molecule has 2 amide bonds. The van der Waals surface area contributed by atoms with Crippen LogP contribution in [-0.2, 0) is 27.4 Å². The summed E-state index contributed by atoms with van der Waals surface area (Å²) >= 11 is 0. The van der Waals surface area contributed by atoms with E-state index in [1.165, 1.54) is 0 Å². The second-order valence-electron chi connectivity index (χ2n) is 8.17. The molecular formula is C25H30N2O5. The van der Waals surface area contributed by atoms with Gasteiger partial charge in [0.25, 0.3) is 0 Å². The van der Waals surface area contributed by atoms with Crippen molar-refractivity contribution in [2.75, 3.05) is 0 Å². The standard InChI is InChI=1S/C25H30N2O5/c28-23(27-22(24(29)30)20-14-8-3-9-15-20)21(16-18-10-4-1-5-11-18)26-25(31)32-17-19-12-6-2-7-13-19/h1-2,4-7,10-13,20-22H,3,8-9,14-17H2,(H,26,31)(H,27,28)(H,29,30)/t21-,22-/m0/s1. The van der Waals surface area contributed by atoms with Crippen LogP contribution in [-0.4, -0.2) is 35.2 Å². The molecule has 170 valence electrons. The van der Waals surface area contributed by atoms with Gasteiger partial charge in [-0.2, -0.15) is 0 Å². The Hall–Kier alpha value is -3.35. The summed E-state index contributed by atoms with van der Waals surface area (Å²) in [6.45, 7) is 0.0756. The lowest BCUT2D eigenvalue weighted by atomic mass is 9.83. The van der Waals surface area contributed by atoms with E-state index in [9.17, 15) is 19.5 Å². The summed E-state index contributed by atoms with van der Waals surface area (Å²) < 4.78 is 5.27. The van der Waals surface area contributed by atoms with Gasteiger partial charge in [-0.1, -0.05) is 79.9 Å². The number of ether oxygens (including phenoxy) is 1. The third-order valence-electron chi connectivity index (χ3n) is 5.79. The fourth-order valence-electron chi connectivity index (χ4n) is 4.07. The first-order valence-electron chi connectivity index (χ1n) is 11.1. The van der Waals surface area contributed by atoms with Crippen molar-refractivity contribution in [3.63, 3.8) is 0 Å². The molecule has 0 spiro atoms. The second-order valence-corrected chi connectivity index (χ2v) is 8.17. The van der Waals surface area contributed by atoms with Crippen molar-refractivity contribution >= 4 is 18.0 Å². The minimum atomic E-state index is -1.05. The molecule has 2 aromatic rings. The van der Waals surface area contributed by atoms with Crippen molar-refractivity contribution in [2.24, 2.45) is 5.92 Å². The Morgan fingerprint density at radius 3 is 2.06 bits per heavy atom. The molecule has 1 aliphatic carbocycles. The van der Waals surface area contributed by atoms with Gasteiger partial charge in [0.15, 0.2) is 0 Å². The maximum atomic E-state index is 13.1. The van der Waals surface area contributed by atoms with Crippen LogP contribution in [0.3, 0.4) is 0 Å². The molecule has 0 radical (unpaired) electrons. The van der Waals surface area contributed by atoms with E-state index in [1.54, 1.807) is 0 Å². The Bertz CT molecular complexity index is 882. The Morgan fingerprint density at radius 2 is 1.47 bits per heavy atom. The van der Waals surface area contributed by atoms with Crippen LogP contribution >= 0.6 is 0 Å². The fourth-order valence-corrected chi connectivity index (χ4v) is 4.07. The van der Waals surface area contributed by atoms with E-state index >= 15 is 0 Å². The zero-order valence-electron chi connectivity index (χ0n) is 18.0. The summed E-state index contributed by atoms with van der Waals surface area (Å²) in [4.78, 5) is 37.4. The van der Waals surface area contributed by atoms with Crippen LogP contribution in [0.5, 0.6) is 0 Å². The number of hydrogen-bond acceptors (Lipinski definition) is 4. The van der Waals surface area contributed by atoms with Crippen LogP contribution in [0.2, 0.25) is 0 Å². The third kappa shape index (κ3) is 7.11. The zero-order valence-corrected chi connectivity index (χ0v) is 18.0. The molecule has 0 aromatic heterocycles. The summed E-state index contributed by atoms with van der Waals surface area (Å²) in [6, 6.07) is 16.6. The molecule has 0 saturated heterocycles. The van der Waals surface area contributed by atoms with E-state index in [0.29, 0.717) is 0 Å². The quantitative estimate of drug-likeness (QED) is 0.554. The van der Waals surface area contributed by atoms with Crippen LogP contribution in [0.15, 0.2) is 60.7 Å². The molecule has 3 N–H and O–H groups in total. The lowest BCUT2D eigenvalue weighted by molar-refractivity contribution is -0.144. The van der Waals surface area contributed by atoms with E-state index in [1.807, 2.05) is 60.7 Å². The molecule has 2 aromatic carbocycles. The maximum Gasteiger partial charge on any atom is 0.408 e. The number of amides is 2. The van der Waals surface area contributed by atoms with Crippen molar-refractivity contribution in [1.82, 2.24) is 10.6 Å². The van der Waals surface area contributed by atoms with Crippen molar-refractivity contribution in [2.45, 2.75) is 57.2 Å². The largest absolute Gasteiger partial charge is 0.480 e. The van der Waals surface area contributed by atoms with Crippen molar-refractivity contribution < 1.29 is 24.2 Å². The number of carboxylic acid groups (broad SMARTS) is 1. The molecule has 1 aliphatic rings. The number of carboxylic acids is 1. The summed E-state index contributed by atoms with van der Waals surface area (Å²) in [5.41, 5.74) is 1.68. The van der Waals surface area contributed by atoms with E-state index in [0.717, 1.165) is 43.2 Å². The molecular weight excluding hydrogens is 408 g/mol. The Morgan fingerprint density at radius 1 is 0.875 bits per heavy atom. The van der Waals surface area contributed by atoms with Crippen molar-refractivity contribution in [1.29, 1.82) is 0 Å². The second kappa shape index (κ2) is 11.9. The molecule has 7 heteroatoms. The van der Waals surface area contributed by atoms with Crippen LogP contribution in [0.25, 0.3) is 0 Å². The lowest BCUT2D eigenvalue weighted by Crippen LogP contribution is -2.54. The number of alkyl carbamates (subject to hydrolysis) is 1. The molecule has 32 heavy (non-hydrogen) atoms. The monoisotopic (exact) mass is 438 g/mol. The highest BCUT2D eigenvalue weighted by atomic mass is 16.5. The Balaban J connectivity index is 1.67. The third-order valence-corrected chi connectivity index (χ3v) is 5.79. The van der Waals surface area contributed by atoms with Gasteiger partial charge in [0.05, 0.1) is 0 Å². The van der Waals surface area contributed by atoms with Crippen LogP contribution < -0.4 is 10.6 Å². The molecule has 3 rings (SSSR count). The molecule has 0 heterocycles. The Kier molecular flexibility index (Phi) is 8.66. The summed E-state index contributed by atoms with van der Waals surface area (Å²) in [5, 5.41) is 15.0. The number of nitrogens with one attached hydrogen (secondary N) is 2. The topological polar surface area (TPSA) is 105 Å². The molecule has 1 fully saturated rings. The first kappa shape index (κ1) is 23.3. The molecule has 2 atom stereocenters. The lowest BCUT2D eigenvalue weighted by Gasteiger charge is -2.29. The van der Waals surface area contributed by atoms with Gasteiger partial charge >= 0.3 is 12.1 Å². The minimum Gasteiger partial charge on any atom is -0.480 e. The van der Waals surface area contributed by atoms with Gasteiger partial charge in [0.1, 0.15) is 18.7 Å². The first-order chi connectivity index (χ1) is 15.5. The summed E-state index contributed by atoms with van der Waals surface area (Å²) in [5.74, 6) is -1.67. The van der Waals surface area contributed by atoms with Crippen LogP contribution in [0.1, 0.15) is 43.2 Å². The highest BCUT2D eigenvalue weighted by Crippen LogP contribution is 2.26. The summed E-state index contributed by atoms with van der Waals surface area (Å²) in [7, 11) is 0. The molecule has 7 nitrogen and oxygen atoms in total. The smallest absolute Gasteiger partial charge is 0.408 e. The van der Waals surface area contributed by atoms with Gasteiger partial charge < -0.3 is 20.5 Å². The highest BCUT2D eigenvalue weighted by Gasteiger charge is 2.33.